The monoisotopic (exact) mass is 518 g/mol. The van der Waals surface area contributed by atoms with E-state index in [0.29, 0.717) is 25.8 Å². The Hall–Kier alpha value is -3.92. The highest BCUT2D eigenvalue weighted by molar-refractivity contribution is 5.89. The van der Waals surface area contributed by atoms with Crippen molar-refractivity contribution >= 4 is 22.6 Å². The second-order valence-corrected chi connectivity index (χ2v) is 10.7. The minimum atomic E-state index is -0.574. The first-order valence-corrected chi connectivity index (χ1v) is 14.3. The Balaban J connectivity index is 1.42. The summed E-state index contributed by atoms with van der Waals surface area (Å²) in [5.74, 6) is -0.0355. The SMILES string of the molecule is O=C(NC1CCCCC1)C(Cc1ccccc1)N(Cc1ccccc1)C(=O)CCc1cccc2ccccc12. The topological polar surface area (TPSA) is 49.4 Å². The summed E-state index contributed by atoms with van der Waals surface area (Å²) in [6.07, 6.45) is 7.02. The van der Waals surface area contributed by atoms with Gasteiger partial charge in [0.15, 0.2) is 0 Å². The van der Waals surface area contributed by atoms with Crippen LogP contribution in [0.15, 0.2) is 103 Å². The number of hydrogen-bond donors (Lipinski definition) is 1. The molecule has 0 heterocycles. The van der Waals surface area contributed by atoms with Gasteiger partial charge in [-0.3, -0.25) is 9.59 Å². The second-order valence-electron chi connectivity index (χ2n) is 10.7. The molecule has 1 N–H and O–H groups in total. The van der Waals surface area contributed by atoms with Crippen molar-refractivity contribution in [2.75, 3.05) is 0 Å². The van der Waals surface area contributed by atoms with Gasteiger partial charge in [-0.15, -0.1) is 0 Å². The molecule has 0 spiro atoms. The average molecular weight is 519 g/mol. The minimum absolute atomic E-state index is 0.00603. The lowest BCUT2D eigenvalue weighted by Gasteiger charge is -2.33. The van der Waals surface area contributed by atoms with Gasteiger partial charge in [-0.25, -0.2) is 0 Å². The van der Waals surface area contributed by atoms with Crippen molar-refractivity contribution in [3.8, 4) is 0 Å². The van der Waals surface area contributed by atoms with E-state index in [2.05, 4.69) is 35.6 Å². The van der Waals surface area contributed by atoms with E-state index < -0.39 is 6.04 Å². The largest absolute Gasteiger partial charge is 0.352 e. The highest BCUT2D eigenvalue weighted by atomic mass is 16.2. The quantitative estimate of drug-likeness (QED) is 0.249. The van der Waals surface area contributed by atoms with Crippen LogP contribution < -0.4 is 5.32 Å². The predicted molar refractivity (Wildman–Crippen MR) is 158 cm³/mol. The lowest BCUT2D eigenvalue weighted by molar-refractivity contribution is -0.141. The number of nitrogens with zero attached hydrogens (tertiary/aromatic N) is 1. The molecule has 2 amide bonds. The van der Waals surface area contributed by atoms with Gasteiger partial charge in [-0.05, 0) is 46.7 Å². The van der Waals surface area contributed by atoms with Crippen molar-refractivity contribution in [3.63, 3.8) is 0 Å². The van der Waals surface area contributed by atoms with Crippen LogP contribution in [0, 0.1) is 0 Å². The molecule has 4 nitrogen and oxygen atoms in total. The Kier molecular flexibility index (Phi) is 9.05. The summed E-state index contributed by atoms with van der Waals surface area (Å²) in [5.41, 5.74) is 3.24. The van der Waals surface area contributed by atoms with Gasteiger partial charge in [0.1, 0.15) is 6.04 Å². The molecular formula is C35H38N2O2. The van der Waals surface area contributed by atoms with Crippen LogP contribution in [0.2, 0.25) is 0 Å². The van der Waals surface area contributed by atoms with Gasteiger partial charge in [0.05, 0.1) is 0 Å². The Morgan fingerprint density at radius 1 is 0.744 bits per heavy atom. The predicted octanol–water partition coefficient (Wildman–Crippen LogP) is 6.86. The van der Waals surface area contributed by atoms with Crippen LogP contribution in [0.1, 0.15) is 55.2 Å². The Bertz CT molecular complexity index is 1360. The fraction of sp³-hybridized carbons (Fsp3) is 0.314. The van der Waals surface area contributed by atoms with E-state index in [1.54, 1.807) is 0 Å². The molecule has 1 aliphatic carbocycles. The van der Waals surface area contributed by atoms with Gasteiger partial charge in [0, 0.05) is 25.4 Å². The van der Waals surface area contributed by atoms with Crippen molar-refractivity contribution in [1.82, 2.24) is 10.2 Å². The van der Waals surface area contributed by atoms with E-state index in [1.807, 2.05) is 77.7 Å². The van der Waals surface area contributed by atoms with Crippen molar-refractivity contribution in [2.24, 2.45) is 0 Å². The smallest absolute Gasteiger partial charge is 0.243 e. The first-order chi connectivity index (χ1) is 19.2. The first-order valence-electron chi connectivity index (χ1n) is 14.3. The van der Waals surface area contributed by atoms with E-state index >= 15 is 0 Å². The van der Waals surface area contributed by atoms with Gasteiger partial charge in [0.25, 0.3) is 0 Å². The van der Waals surface area contributed by atoms with Crippen LogP contribution in [0.4, 0.5) is 0 Å². The molecule has 1 atom stereocenters. The number of carbonyl (C=O) groups is 2. The fourth-order valence-corrected chi connectivity index (χ4v) is 5.77. The Morgan fingerprint density at radius 2 is 1.38 bits per heavy atom. The first kappa shape index (κ1) is 26.7. The molecule has 0 bridgehead atoms. The van der Waals surface area contributed by atoms with Crippen LogP contribution in [0.25, 0.3) is 10.8 Å². The summed E-state index contributed by atoms with van der Waals surface area (Å²) in [7, 11) is 0. The Morgan fingerprint density at radius 3 is 2.13 bits per heavy atom. The molecule has 4 aromatic carbocycles. The van der Waals surface area contributed by atoms with Gasteiger partial charge in [0.2, 0.25) is 11.8 Å². The van der Waals surface area contributed by atoms with Crippen LogP contribution in [0.3, 0.4) is 0 Å². The van der Waals surface area contributed by atoms with Crippen LogP contribution in [-0.2, 0) is 29.0 Å². The highest BCUT2D eigenvalue weighted by Crippen LogP contribution is 2.23. The maximum atomic E-state index is 14.0. The third-order valence-corrected chi connectivity index (χ3v) is 7.91. The number of nitrogens with one attached hydrogen (secondary N) is 1. The number of hydrogen-bond acceptors (Lipinski definition) is 2. The molecule has 5 rings (SSSR count). The maximum Gasteiger partial charge on any atom is 0.243 e. The van der Waals surface area contributed by atoms with E-state index in [0.717, 1.165) is 42.4 Å². The van der Waals surface area contributed by atoms with Gasteiger partial charge in [-0.2, -0.15) is 0 Å². The summed E-state index contributed by atoms with van der Waals surface area (Å²) in [4.78, 5) is 29.8. The number of benzene rings is 4. The standard InChI is InChI=1S/C35H38N2O2/c38-34(24-23-30-19-12-18-29-17-10-11-22-32(29)30)37(26-28-15-6-2-7-16-28)33(25-27-13-4-1-5-14-27)35(39)36-31-20-8-3-9-21-31/h1-2,4-7,10-19,22,31,33H,3,8-9,20-21,23-26H2,(H,36,39). The highest BCUT2D eigenvalue weighted by Gasteiger charge is 2.31. The Labute approximate surface area is 232 Å². The molecule has 4 heteroatoms. The fourth-order valence-electron chi connectivity index (χ4n) is 5.77. The zero-order valence-corrected chi connectivity index (χ0v) is 22.6. The molecule has 39 heavy (non-hydrogen) atoms. The number of fused-ring (bicyclic) bond motifs is 1. The molecule has 0 radical (unpaired) electrons. The molecule has 0 aromatic heterocycles. The molecule has 1 saturated carbocycles. The molecule has 4 aromatic rings. The molecule has 200 valence electrons. The lowest BCUT2D eigenvalue weighted by atomic mass is 9.94. The maximum absolute atomic E-state index is 14.0. The number of rotatable bonds is 10. The average Bonchev–Trinajstić information content (AvgIpc) is 2.99. The van der Waals surface area contributed by atoms with E-state index in [9.17, 15) is 9.59 Å². The van der Waals surface area contributed by atoms with Crippen molar-refractivity contribution < 1.29 is 9.59 Å². The molecule has 0 aliphatic heterocycles. The van der Waals surface area contributed by atoms with Crippen LogP contribution >= 0.6 is 0 Å². The minimum Gasteiger partial charge on any atom is -0.352 e. The molecule has 1 aliphatic rings. The van der Waals surface area contributed by atoms with E-state index in [1.165, 1.54) is 17.2 Å². The molecule has 1 unspecified atom stereocenters. The second kappa shape index (κ2) is 13.2. The summed E-state index contributed by atoms with van der Waals surface area (Å²) in [6, 6.07) is 34.3. The van der Waals surface area contributed by atoms with Gasteiger partial charge in [-0.1, -0.05) is 122 Å². The lowest BCUT2D eigenvalue weighted by Crippen LogP contribution is -2.52. The molecule has 1 fully saturated rings. The zero-order valence-electron chi connectivity index (χ0n) is 22.6. The number of carbonyl (C=O) groups excluding carboxylic acids is 2. The summed E-state index contributed by atoms with van der Waals surface area (Å²) in [5, 5.41) is 5.68. The number of aryl methyl sites for hydroxylation is 1. The normalized spacial score (nSPS) is 14.6. The summed E-state index contributed by atoms with van der Waals surface area (Å²) >= 11 is 0. The third kappa shape index (κ3) is 7.14. The number of amides is 2. The van der Waals surface area contributed by atoms with E-state index in [-0.39, 0.29) is 17.9 Å². The van der Waals surface area contributed by atoms with Gasteiger partial charge >= 0.3 is 0 Å². The van der Waals surface area contributed by atoms with Crippen molar-refractivity contribution in [1.29, 1.82) is 0 Å². The summed E-state index contributed by atoms with van der Waals surface area (Å²) in [6.45, 7) is 0.408. The van der Waals surface area contributed by atoms with Gasteiger partial charge < -0.3 is 10.2 Å². The van der Waals surface area contributed by atoms with Crippen LogP contribution in [-0.4, -0.2) is 28.8 Å². The summed E-state index contributed by atoms with van der Waals surface area (Å²) < 4.78 is 0. The molecular weight excluding hydrogens is 480 g/mol. The van der Waals surface area contributed by atoms with E-state index in [4.69, 9.17) is 0 Å². The van der Waals surface area contributed by atoms with Crippen molar-refractivity contribution in [3.05, 3.63) is 120 Å². The van der Waals surface area contributed by atoms with Crippen LogP contribution in [0.5, 0.6) is 0 Å². The zero-order chi connectivity index (χ0) is 26.9. The molecule has 0 saturated heterocycles. The third-order valence-electron chi connectivity index (χ3n) is 7.91. The van der Waals surface area contributed by atoms with Crippen molar-refractivity contribution in [2.45, 2.75) is 70.0 Å².